The summed E-state index contributed by atoms with van der Waals surface area (Å²) in [4.78, 5) is 11.9. The molecule has 1 amide bonds. The normalized spacial score (nSPS) is 23.1. The maximum atomic E-state index is 13.4. The Hall–Kier alpha value is -1.42. The maximum Gasteiger partial charge on any atom is 0.251 e. The van der Waals surface area contributed by atoms with Gasteiger partial charge in [0, 0.05) is 18.0 Å². The Labute approximate surface area is 112 Å². The van der Waals surface area contributed by atoms with Crippen LogP contribution in [-0.2, 0) is 0 Å². The summed E-state index contributed by atoms with van der Waals surface area (Å²) in [6, 6.07) is 4.46. The van der Waals surface area contributed by atoms with E-state index in [1.54, 1.807) is 19.1 Å². The van der Waals surface area contributed by atoms with Crippen LogP contribution in [0.5, 0.6) is 0 Å². The maximum absolute atomic E-state index is 13.4. The third-order valence-electron chi connectivity index (χ3n) is 3.83. The molecular formula is C15H20FNO2. The van der Waals surface area contributed by atoms with Gasteiger partial charge in [0.05, 0.1) is 6.10 Å². The summed E-state index contributed by atoms with van der Waals surface area (Å²) in [5.74, 6) is -0.532. The van der Waals surface area contributed by atoms with Gasteiger partial charge in [-0.05, 0) is 37.5 Å². The van der Waals surface area contributed by atoms with Crippen LogP contribution in [0.2, 0.25) is 0 Å². The van der Waals surface area contributed by atoms with Gasteiger partial charge in [-0.3, -0.25) is 4.79 Å². The number of amides is 1. The van der Waals surface area contributed by atoms with Crippen molar-refractivity contribution in [1.29, 1.82) is 0 Å². The molecule has 1 fully saturated rings. The van der Waals surface area contributed by atoms with E-state index in [1.165, 1.54) is 6.07 Å². The van der Waals surface area contributed by atoms with Crippen molar-refractivity contribution in [1.82, 2.24) is 5.32 Å². The second-order valence-corrected chi connectivity index (χ2v) is 5.29. The van der Waals surface area contributed by atoms with Crippen LogP contribution in [0, 0.1) is 18.7 Å². The average Bonchev–Trinajstić information content (AvgIpc) is 2.40. The number of halogens is 1. The molecule has 2 rings (SSSR count). The van der Waals surface area contributed by atoms with Gasteiger partial charge in [-0.1, -0.05) is 18.9 Å². The number of rotatable bonds is 3. The fourth-order valence-electron chi connectivity index (χ4n) is 2.49. The summed E-state index contributed by atoms with van der Waals surface area (Å²) in [5.41, 5.74) is 0.854. The predicted octanol–water partition coefficient (Wildman–Crippen LogP) is 2.42. The van der Waals surface area contributed by atoms with Gasteiger partial charge in [0.2, 0.25) is 0 Å². The highest BCUT2D eigenvalue weighted by Crippen LogP contribution is 2.23. The molecule has 0 aliphatic heterocycles. The van der Waals surface area contributed by atoms with E-state index in [9.17, 15) is 14.3 Å². The Morgan fingerprint density at radius 2 is 2.16 bits per heavy atom. The first kappa shape index (κ1) is 14.0. The summed E-state index contributed by atoms with van der Waals surface area (Å²) in [6.45, 7) is 2.12. The van der Waals surface area contributed by atoms with E-state index >= 15 is 0 Å². The summed E-state index contributed by atoms with van der Waals surface area (Å²) in [5, 5.41) is 12.6. The van der Waals surface area contributed by atoms with E-state index in [-0.39, 0.29) is 23.7 Å². The van der Waals surface area contributed by atoms with Crippen LogP contribution in [0.4, 0.5) is 4.39 Å². The summed E-state index contributed by atoms with van der Waals surface area (Å²) >= 11 is 0. The number of aryl methyl sites for hydroxylation is 1. The van der Waals surface area contributed by atoms with Crippen LogP contribution in [0.15, 0.2) is 18.2 Å². The van der Waals surface area contributed by atoms with E-state index in [0.717, 1.165) is 25.7 Å². The highest BCUT2D eigenvalue weighted by Gasteiger charge is 2.23. The van der Waals surface area contributed by atoms with Gasteiger partial charge in [-0.2, -0.15) is 0 Å². The zero-order valence-electron chi connectivity index (χ0n) is 11.2. The highest BCUT2D eigenvalue weighted by atomic mass is 19.1. The zero-order chi connectivity index (χ0) is 13.8. The fraction of sp³-hybridized carbons (Fsp3) is 0.533. The molecule has 19 heavy (non-hydrogen) atoms. The summed E-state index contributed by atoms with van der Waals surface area (Å²) < 4.78 is 13.4. The van der Waals surface area contributed by atoms with Gasteiger partial charge in [-0.15, -0.1) is 0 Å². The van der Waals surface area contributed by atoms with Crippen molar-refractivity contribution in [2.45, 2.75) is 38.7 Å². The van der Waals surface area contributed by atoms with E-state index in [2.05, 4.69) is 5.32 Å². The van der Waals surface area contributed by atoms with E-state index < -0.39 is 0 Å². The second-order valence-electron chi connectivity index (χ2n) is 5.29. The van der Waals surface area contributed by atoms with Crippen molar-refractivity contribution >= 4 is 5.91 Å². The molecule has 0 spiro atoms. The molecule has 0 saturated heterocycles. The van der Waals surface area contributed by atoms with Gasteiger partial charge in [-0.25, -0.2) is 4.39 Å². The van der Waals surface area contributed by atoms with E-state index in [0.29, 0.717) is 17.7 Å². The average molecular weight is 265 g/mol. The van der Waals surface area contributed by atoms with Crippen molar-refractivity contribution < 1.29 is 14.3 Å². The van der Waals surface area contributed by atoms with Crippen molar-refractivity contribution in [2.75, 3.05) is 6.54 Å². The molecule has 1 aromatic rings. The Morgan fingerprint density at radius 3 is 2.84 bits per heavy atom. The second kappa shape index (κ2) is 6.15. The third-order valence-corrected chi connectivity index (χ3v) is 3.83. The van der Waals surface area contributed by atoms with Crippen LogP contribution in [-0.4, -0.2) is 23.7 Å². The van der Waals surface area contributed by atoms with Gasteiger partial charge >= 0.3 is 0 Å². The standard InChI is InChI=1S/C15H20FNO2/c1-10-6-7-11(8-13(10)16)15(19)17-9-12-4-2-3-5-14(12)18/h6-8,12,14,18H,2-5,9H2,1H3,(H,17,19). The Kier molecular flexibility index (Phi) is 4.53. The molecule has 1 saturated carbocycles. The third kappa shape index (κ3) is 3.53. The molecule has 2 atom stereocenters. The smallest absolute Gasteiger partial charge is 0.251 e. The number of aliphatic hydroxyl groups excluding tert-OH is 1. The number of benzene rings is 1. The molecule has 2 unspecified atom stereocenters. The molecule has 1 aromatic carbocycles. The summed E-state index contributed by atoms with van der Waals surface area (Å²) in [7, 11) is 0. The van der Waals surface area contributed by atoms with Crippen molar-refractivity contribution in [3.8, 4) is 0 Å². The first-order valence-electron chi connectivity index (χ1n) is 6.80. The number of carbonyl (C=O) groups excluding carboxylic acids is 1. The Morgan fingerprint density at radius 1 is 1.42 bits per heavy atom. The lowest BCUT2D eigenvalue weighted by Gasteiger charge is -2.27. The molecule has 104 valence electrons. The quantitative estimate of drug-likeness (QED) is 0.881. The molecule has 2 N–H and O–H groups in total. The lowest BCUT2D eigenvalue weighted by atomic mass is 9.86. The fourth-order valence-corrected chi connectivity index (χ4v) is 2.49. The Bertz CT molecular complexity index is 461. The molecule has 4 heteroatoms. The first-order valence-corrected chi connectivity index (χ1v) is 6.80. The van der Waals surface area contributed by atoms with E-state index in [1.807, 2.05) is 0 Å². The molecule has 1 aliphatic carbocycles. The number of hydrogen-bond acceptors (Lipinski definition) is 2. The summed E-state index contributed by atoms with van der Waals surface area (Å²) in [6.07, 6.45) is 3.55. The van der Waals surface area contributed by atoms with Gasteiger partial charge in [0.1, 0.15) is 5.82 Å². The number of aliphatic hydroxyl groups is 1. The molecule has 0 aromatic heterocycles. The van der Waals surface area contributed by atoms with Crippen molar-refractivity contribution in [3.63, 3.8) is 0 Å². The largest absolute Gasteiger partial charge is 0.393 e. The Balaban J connectivity index is 1.91. The number of hydrogen-bond donors (Lipinski definition) is 2. The topological polar surface area (TPSA) is 49.3 Å². The molecule has 0 bridgehead atoms. The minimum atomic E-state index is -0.370. The number of carbonyl (C=O) groups is 1. The van der Waals surface area contributed by atoms with Gasteiger partial charge in [0.25, 0.3) is 5.91 Å². The minimum Gasteiger partial charge on any atom is -0.393 e. The lowest BCUT2D eigenvalue weighted by molar-refractivity contribution is 0.0663. The SMILES string of the molecule is Cc1ccc(C(=O)NCC2CCCCC2O)cc1F. The molecule has 3 nitrogen and oxygen atoms in total. The monoisotopic (exact) mass is 265 g/mol. The van der Waals surface area contributed by atoms with Crippen LogP contribution in [0.3, 0.4) is 0 Å². The predicted molar refractivity (Wildman–Crippen MR) is 71.4 cm³/mol. The minimum absolute atomic E-state index is 0.119. The highest BCUT2D eigenvalue weighted by molar-refractivity contribution is 5.94. The van der Waals surface area contributed by atoms with Crippen LogP contribution in [0.25, 0.3) is 0 Å². The van der Waals surface area contributed by atoms with Crippen LogP contribution >= 0.6 is 0 Å². The van der Waals surface area contributed by atoms with E-state index in [4.69, 9.17) is 0 Å². The molecule has 1 aliphatic rings. The van der Waals surface area contributed by atoms with Crippen LogP contribution < -0.4 is 5.32 Å². The first-order chi connectivity index (χ1) is 9.08. The zero-order valence-corrected chi connectivity index (χ0v) is 11.2. The molecular weight excluding hydrogens is 245 g/mol. The number of nitrogens with one attached hydrogen (secondary N) is 1. The van der Waals surface area contributed by atoms with Crippen molar-refractivity contribution in [3.05, 3.63) is 35.1 Å². The van der Waals surface area contributed by atoms with Gasteiger partial charge in [0.15, 0.2) is 0 Å². The molecule has 0 heterocycles. The molecule has 0 radical (unpaired) electrons. The van der Waals surface area contributed by atoms with Crippen LogP contribution in [0.1, 0.15) is 41.6 Å². The van der Waals surface area contributed by atoms with Gasteiger partial charge < -0.3 is 10.4 Å². The van der Waals surface area contributed by atoms with Crippen molar-refractivity contribution in [2.24, 2.45) is 5.92 Å². The lowest BCUT2D eigenvalue weighted by Crippen LogP contribution is -2.36.